The van der Waals surface area contributed by atoms with Crippen LogP contribution in [0.1, 0.15) is 39.2 Å². The number of alkyl halides is 2. The van der Waals surface area contributed by atoms with Crippen molar-refractivity contribution in [3.05, 3.63) is 23.7 Å². The van der Waals surface area contributed by atoms with E-state index in [0.29, 0.717) is 29.8 Å². The lowest BCUT2D eigenvalue weighted by molar-refractivity contribution is -0.00604. The van der Waals surface area contributed by atoms with Crippen LogP contribution in [-0.2, 0) is 12.3 Å². The predicted octanol–water partition coefficient (Wildman–Crippen LogP) is 3.37. The van der Waals surface area contributed by atoms with E-state index < -0.39 is 16.9 Å². The molecule has 2 N–H and O–H groups in total. The summed E-state index contributed by atoms with van der Waals surface area (Å²) in [7, 11) is 0. The van der Waals surface area contributed by atoms with Crippen LogP contribution in [0.15, 0.2) is 16.5 Å². The molecule has 0 unspecified atom stereocenters. The van der Waals surface area contributed by atoms with E-state index in [2.05, 4.69) is 5.32 Å². The molecule has 0 aromatic carbocycles. The molecule has 1 aromatic rings. The molecule has 0 radical (unpaired) electrons. The van der Waals surface area contributed by atoms with Gasteiger partial charge in [0, 0.05) is 5.54 Å². The van der Waals surface area contributed by atoms with Gasteiger partial charge in [-0.3, -0.25) is 0 Å². The van der Waals surface area contributed by atoms with Crippen molar-refractivity contribution in [2.75, 3.05) is 0 Å². The monoisotopic (exact) mass is 293 g/mol. The van der Waals surface area contributed by atoms with Gasteiger partial charge in [-0.05, 0) is 39.8 Å². The number of aliphatic hydroxyl groups is 1. The van der Waals surface area contributed by atoms with E-state index in [1.165, 1.54) is 0 Å². The van der Waals surface area contributed by atoms with Crippen LogP contribution < -0.4 is 5.32 Å². The van der Waals surface area contributed by atoms with Crippen LogP contribution in [0.3, 0.4) is 0 Å². The van der Waals surface area contributed by atoms with Gasteiger partial charge in [-0.1, -0.05) is 11.8 Å². The molecule has 6 heteroatoms. The number of halogens is 2. The first-order valence-electron chi connectivity index (χ1n) is 6.06. The van der Waals surface area contributed by atoms with Crippen LogP contribution in [0.2, 0.25) is 0 Å². The molecule has 0 saturated carbocycles. The van der Waals surface area contributed by atoms with Crippen molar-refractivity contribution in [1.29, 1.82) is 0 Å². The van der Waals surface area contributed by atoms with E-state index in [1.807, 2.05) is 13.8 Å². The highest BCUT2D eigenvalue weighted by Gasteiger charge is 2.34. The molecule has 110 valence electrons. The zero-order chi connectivity index (χ0) is 14.7. The van der Waals surface area contributed by atoms with Crippen molar-refractivity contribution in [3.8, 4) is 0 Å². The summed E-state index contributed by atoms with van der Waals surface area (Å²) in [6, 6.07) is 3.46. The Kier molecular flexibility index (Phi) is 5.41. The molecular weight excluding hydrogens is 272 g/mol. The Bertz CT molecular complexity index is 400. The third-order valence-electron chi connectivity index (χ3n) is 3.30. The van der Waals surface area contributed by atoms with Gasteiger partial charge < -0.3 is 14.8 Å². The quantitative estimate of drug-likeness (QED) is 0.809. The molecule has 0 bridgehead atoms. The molecule has 1 heterocycles. The average molecular weight is 293 g/mol. The molecule has 0 atom stereocenters. The van der Waals surface area contributed by atoms with Gasteiger partial charge in [0.05, 0.1) is 17.9 Å². The van der Waals surface area contributed by atoms with E-state index in [0.717, 1.165) is 0 Å². The number of rotatable bonds is 7. The van der Waals surface area contributed by atoms with Gasteiger partial charge in [0.1, 0.15) is 11.5 Å². The molecule has 0 aliphatic heterocycles. The third-order valence-corrected chi connectivity index (χ3v) is 4.01. The van der Waals surface area contributed by atoms with E-state index >= 15 is 0 Å². The maximum atomic E-state index is 12.0. The summed E-state index contributed by atoms with van der Waals surface area (Å²) < 4.78 is 29.5. The van der Waals surface area contributed by atoms with Gasteiger partial charge in [-0.15, -0.1) is 0 Å². The Balaban J connectivity index is 2.51. The maximum absolute atomic E-state index is 12.0. The molecule has 0 saturated heterocycles. The third kappa shape index (κ3) is 5.12. The lowest BCUT2D eigenvalue weighted by Crippen LogP contribution is -2.55. The van der Waals surface area contributed by atoms with Gasteiger partial charge in [-0.2, -0.15) is 8.78 Å². The van der Waals surface area contributed by atoms with Crippen molar-refractivity contribution < 1.29 is 18.3 Å². The Morgan fingerprint density at radius 1 is 1.26 bits per heavy atom. The highest BCUT2D eigenvalue weighted by Crippen LogP contribution is 2.23. The van der Waals surface area contributed by atoms with E-state index in [9.17, 15) is 13.9 Å². The van der Waals surface area contributed by atoms with E-state index in [4.69, 9.17) is 4.42 Å². The smallest absolute Gasteiger partial charge is 0.284 e. The maximum Gasteiger partial charge on any atom is 0.284 e. The van der Waals surface area contributed by atoms with Gasteiger partial charge >= 0.3 is 0 Å². The summed E-state index contributed by atoms with van der Waals surface area (Å²) in [5.74, 6) is -1.03. The largest absolute Gasteiger partial charge is 0.464 e. The fourth-order valence-electron chi connectivity index (χ4n) is 1.26. The molecule has 0 amide bonds. The van der Waals surface area contributed by atoms with Crippen molar-refractivity contribution in [2.45, 2.75) is 56.9 Å². The van der Waals surface area contributed by atoms with Crippen LogP contribution in [0.5, 0.6) is 0 Å². The fraction of sp³-hybridized carbons (Fsp3) is 0.692. The second kappa shape index (κ2) is 6.24. The summed E-state index contributed by atoms with van der Waals surface area (Å²) in [6.07, 6.45) is 0. The van der Waals surface area contributed by atoms with E-state index in [1.54, 1.807) is 26.0 Å². The van der Waals surface area contributed by atoms with Crippen LogP contribution >= 0.6 is 11.8 Å². The SMILES string of the molecule is CC(C)(O)C(C)(C)NCc1ccc(CSC(F)F)o1. The lowest BCUT2D eigenvalue weighted by Gasteiger charge is -2.38. The Hall–Kier alpha value is -0.590. The van der Waals surface area contributed by atoms with Crippen LogP contribution in [0.4, 0.5) is 8.78 Å². The zero-order valence-electron chi connectivity index (χ0n) is 11.7. The zero-order valence-corrected chi connectivity index (χ0v) is 12.5. The minimum Gasteiger partial charge on any atom is -0.464 e. The van der Waals surface area contributed by atoms with Crippen molar-refractivity contribution in [3.63, 3.8) is 0 Å². The van der Waals surface area contributed by atoms with Crippen LogP contribution in [0, 0.1) is 0 Å². The molecule has 3 nitrogen and oxygen atoms in total. The van der Waals surface area contributed by atoms with Gasteiger partial charge in [-0.25, -0.2) is 0 Å². The number of thioether (sulfide) groups is 1. The topological polar surface area (TPSA) is 45.4 Å². The Morgan fingerprint density at radius 2 is 1.84 bits per heavy atom. The highest BCUT2D eigenvalue weighted by molar-refractivity contribution is 7.98. The first kappa shape index (κ1) is 16.5. The van der Waals surface area contributed by atoms with Gasteiger partial charge in [0.2, 0.25) is 0 Å². The Labute approximate surface area is 116 Å². The molecule has 1 aromatic heterocycles. The van der Waals surface area contributed by atoms with Crippen molar-refractivity contribution >= 4 is 11.8 Å². The fourth-order valence-corrected chi connectivity index (χ4v) is 1.71. The standard InChI is InChI=1S/C13H21F2NO2S/c1-12(2,13(3,4)17)16-7-9-5-6-10(18-9)8-19-11(14)15/h5-6,11,16-17H,7-8H2,1-4H3. The lowest BCUT2D eigenvalue weighted by atomic mass is 9.86. The minimum atomic E-state index is -2.39. The predicted molar refractivity (Wildman–Crippen MR) is 73.2 cm³/mol. The average Bonchev–Trinajstić information content (AvgIpc) is 2.70. The molecule has 0 spiro atoms. The summed E-state index contributed by atoms with van der Waals surface area (Å²) in [5, 5.41) is 13.2. The number of hydrogen-bond acceptors (Lipinski definition) is 4. The van der Waals surface area contributed by atoms with Gasteiger partial charge in [0.15, 0.2) is 0 Å². The first-order chi connectivity index (χ1) is 8.62. The normalized spacial score (nSPS) is 13.3. The molecule has 1 rings (SSSR count). The molecule has 0 aliphatic carbocycles. The first-order valence-corrected chi connectivity index (χ1v) is 7.11. The van der Waals surface area contributed by atoms with E-state index in [-0.39, 0.29) is 5.75 Å². The molecule has 0 aliphatic rings. The number of hydrogen-bond donors (Lipinski definition) is 2. The number of nitrogens with one attached hydrogen (secondary N) is 1. The highest BCUT2D eigenvalue weighted by atomic mass is 32.2. The van der Waals surface area contributed by atoms with Gasteiger partial charge in [0.25, 0.3) is 5.76 Å². The number of furan rings is 1. The summed E-state index contributed by atoms with van der Waals surface area (Å²) in [6.45, 7) is 7.68. The summed E-state index contributed by atoms with van der Waals surface area (Å²) in [5.41, 5.74) is -1.37. The molecular formula is C13H21F2NO2S. The molecule has 0 fully saturated rings. The molecule has 19 heavy (non-hydrogen) atoms. The van der Waals surface area contributed by atoms with Crippen LogP contribution in [-0.4, -0.2) is 22.0 Å². The van der Waals surface area contributed by atoms with Crippen molar-refractivity contribution in [1.82, 2.24) is 5.32 Å². The van der Waals surface area contributed by atoms with Crippen molar-refractivity contribution in [2.24, 2.45) is 0 Å². The van der Waals surface area contributed by atoms with Crippen LogP contribution in [0.25, 0.3) is 0 Å². The second-order valence-corrected chi connectivity index (χ2v) is 6.46. The summed E-state index contributed by atoms with van der Waals surface area (Å²) in [4.78, 5) is 0. The Morgan fingerprint density at radius 3 is 2.37 bits per heavy atom. The minimum absolute atomic E-state index is 0.159. The second-order valence-electron chi connectivity index (χ2n) is 5.48. The summed E-state index contributed by atoms with van der Waals surface area (Å²) >= 11 is 0.538.